The smallest absolute Gasteiger partial charge is 0.177 e. The molecule has 4 heteroatoms. The quantitative estimate of drug-likeness (QED) is 0.481. The van der Waals surface area contributed by atoms with Gasteiger partial charge in [0.05, 0.1) is 0 Å². The van der Waals surface area contributed by atoms with Crippen LogP contribution in [-0.4, -0.2) is 26.2 Å². The molecule has 21 heavy (non-hydrogen) atoms. The van der Waals surface area contributed by atoms with Crippen LogP contribution in [0.5, 0.6) is 0 Å². The molecule has 0 saturated heterocycles. The second-order valence-corrected chi connectivity index (χ2v) is 5.41. The molecule has 0 aliphatic carbocycles. The number of benzene rings is 2. The number of Topliss-reactive ketones (excluding diaryl/α,β-unsaturated/α-hetero) is 1. The summed E-state index contributed by atoms with van der Waals surface area (Å²) in [5, 5.41) is 0.560. The van der Waals surface area contributed by atoms with E-state index in [0.717, 1.165) is 5.69 Å². The summed E-state index contributed by atoms with van der Waals surface area (Å²) in [6, 6.07) is 14.0. The minimum absolute atomic E-state index is 0.223. The summed E-state index contributed by atoms with van der Waals surface area (Å²) in [5.41, 5.74) is 2.19. The van der Waals surface area contributed by atoms with Crippen molar-refractivity contribution in [1.82, 2.24) is 0 Å². The van der Waals surface area contributed by atoms with E-state index < -0.39 is 5.92 Å². The molecule has 0 N–H and O–H groups in total. The zero-order chi connectivity index (χ0) is 15.4. The zero-order valence-electron chi connectivity index (χ0n) is 11.9. The fraction of sp³-hybridized carbons (Fsp3) is 0.176. The number of carbonyl (C=O) groups excluding carboxylic acids is 2. The number of halogens is 1. The van der Waals surface area contributed by atoms with Gasteiger partial charge in [-0.3, -0.25) is 4.79 Å². The third-order valence-electron chi connectivity index (χ3n) is 3.32. The lowest BCUT2D eigenvalue weighted by Gasteiger charge is -2.14. The van der Waals surface area contributed by atoms with Crippen LogP contribution in [0.3, 0.4) is 0 Å². The van der Waals surface area contributed by atoms with Crippen molar-refractivity contribution in [3.63, 3.8) is 0 Å². The first-order valence-corrected chi connectivity index (χ1v) is 6.93. The van der Waals surface area contributed by atoms with Gasteiger partial charge in [-0.05, 0) is 42.0 Å². The topological polar surface area (TPSA) is 37.4 Å². The van der Waals surface area contributed by atoms with Gasteiger partial charge in [0.25, 0.3) is 0 Å². The van der Waals surface area contributed by atoms with E-state index >= 15 is 0 Å². The average Bonchev–Trinajstić information content (AvgIpc) is 2.49. The Balaban J connectivity index is 2.28. The van der Waals surface area contributed by atoms with Gasteiger partial charge in [0.2, 0.25) is 0 Å². The molecule has 0 aliphatic heterocycles. The average molecular weight is 302 g/mol. The van der Waals surface area contributed by atoms with Crippen LogP contribution in [0, 0.1) is 0 Å². The first-order valence-electron chi connectivity index (χ1n) is 6.55. The van der Waals surface area contributed by atoms with E-state index in [-0.39, 0.29) is 5.78 Å². The van der Waals surface area contributed by atoms with Crippen molar-refractivity contribution in [2.24, 2.45) is 0 Å². The van der Waals surface area contributed by atoms with Crippen molar-refractivity contribution in [2.45, 2.75) is 5.92 Å². The lowest BCUT2D eigenvalue weighted by atomic mass is 9.92. The summed E-state index contributed by atoms with van der Waals surface area (Å²) in [7, 11) is 3.87. The normalized spacial score (nSPS) is 11.8. The molecule has 2 aromatic carbocycles. The molecular weight excluding hydrogens is 286 g/mol. The van der Waals surface area contributed by atoms with Crippen molar-refractivity contribution in [2.75, 3.05) is 19.0 Å². The van der Waals surface area contributed by atoms with E-state index in [1.165, 1.54) is 0 Å². The van der Waals surface area contributed by atoms with Gasteiger partial charge < -0.3 is 9.69 Å². The van der Waals surface area contributed by atoms with Crippen molar-refractivity contribution >= 4 is 29.4 Å². The third-order valence-corrected chi connectivity index (χ3v) is 3.57. The number of rotatable bonds is 5. The molecule has 2 rings (SSSR count). The van der Waals surface area contributed by atoms with Gasteiger partial charge in [0.1, 0.15) is 12.2 Å². The minimum Gasteiger partial charge on any atom is -0.378 e. The van der Waals surface area contributed by atoms with Gasteiger partial charge in [-0.2, -0.15) is 0 Å². The second kappa shape index (κ2) is 6.55. The van der Waals surface area contributed by atoms with Crippen LogP contribution in [0.2, 0.25) is 5.02 Å². The SMILES string of the molecule is CN(C)c1ccc(C(C=O)C(=O)c2ccc(Cl)cc2)cc1. The molecule has 2 aromatic rings. The molecular formula is C17H16ClNO2. The predicted octanol–water partition coefficient (Wildman–Crippen LogP) is 3.57. The Morgan fingerprint density at radius 1 is 1.05 bits per heavy atom. The number of hydrogen-bond acceptors (Lipinski definition) is 3. The summed E-state index contributed by atoms with van der Waals surface area (Å²) in [5.74, 6) is -1.01. The van der Waals surface area contributed by atoms with E-state index in [2.05, 4.69) is 0 Å². The monoisotopic (exact) mass is 301 g/mol. The largest absolute Gasteiger partial charge is 0.378 e. The van der Waals surface area contributed by atoms with Gasteiger partial charge >= 0.3 is 0 Å². The highest BCUT2D eigenvalue weighted by Gasteiger charge is 2.21. The zero-order valence-corrected chi connectivity index (χ0v) is 12.7. The predicted molar refractivity (Wildman–Crippen MR) is 85.4 cm³/mol. The summed E-state index contributed by atoms with van der Waals surface area (Å²) < 4.78 is 0. The third kappa shape index (κ3) is 3.50. The van der Waals surface area contributed by atoms with Gasteiger partial charge in [-0.1, -0.05) is 23.7 Å². The molecule has 0 amide bonds. The summed E-state index contributed by atoms with van der Waals surface area (Å²) in [6.07, 6.45) is 0.682. The molecule has 0 saturated carbocycles. The van der Waals surface area contributed by atoms with Crippen molar-refractivity contribution in [3.05, 3.63) is 64.7 Å². The Morgan fingerprint density at radius 3 is 2.10 bits per heavy atom. The molecule has 0 fully saturated rings. The first kappa shape index (κ1) is 15.3. The molecule has 0 spiro atoms. The fourth-order valence-electron chi connectivity index (χ4n) is 2.07. The number of ketones is 1. The molecule has 1 unspecified atom stereocenters. The van der Waals surface area contributed by atoms with Crippen LogP contribution >= 0.6 is 11.6 Å². The van der Waals surface area contributed by atoms with Gasteiger partial charge in [0.15, 0.2) is 5.78 Å². The Morgan fingerprint density at radius 2 is 1.62 bits per heavy atom. The van der Waals surface area contributed by atoms with Gasteiger partial charge in [-0.25, -0.2) is 0 Å². The molecule has 0 bridgehead atoms. The number of nitrogens with zero attached hydrogens (tertiary/aromatic N) is 1. The number of carbonyl (C=O) groups is 2. The molecule has 108 valence electrons. The summed E-state index contributed by atoms with van der Waals surface area (Å²) >= 11 is 5.81. The van der Waals surface area contributed by atoms with Crippen LogP contribution in [0.1, 0.15) is 21.8 Å². The van der Waals surface area contributed by atoms with Crippen molar-refractivity contribution in [3.8, 4) is 0 Å². The van der Waals surface area contributed by atoms with Crippen LogP contribution in [0.25, 0.3) is 0 Å². The van der Waals surface area contributed by atoms with E-state index in [1.807, 2.05) is 43.3 Å². The minimum atomic E-state index is -0.789. The van der Waals surface area contributed by atoms with Crippen LogP contribution in [0.15, 0.2) is 48.5 Å². The highest BCUT2D eigenvalue weighted by Crippen LogP contribution is 2.22. The summed E-state index contributed by atoms with van der Waals surface area (Å²) in [6.45, 7) is 0. The van der Waals surface area contributed by atoms with E-state index in [9.17, 15) is 9.59 Å². The highest BCUT2D eigenvalue weighted by atomic mass is 35.5. The molecule has 0 aromatic heterocycles. The highest BCUT2D eigenvalue weighted by molar-refractivity contribution is 6.30. The van der Waals surface area contributed by atoms with Crippen molar-refractivity contribution in [1.29, 1.82) is 0 Å². The number of anilines is 1. The fourth-order valence-corrected chi connectivity index (χ4v) is 2.19. The number of hydrogen-bond donors (Lipinski definition) is 0. The molecule has 0 radical (unpaired) electrons. The Hall–Kier alpha value is -2.13. The first-order chi connectivity index (χ1) is 10.0. The van der Waals surface area contributed by atoms with Crippen LogP contribution < -0.4 is 4.90 Å². The molecule has 3 nitrogen and oxygen atoms in total. The number of aldehydes is 1. The standard InChI is InChI=1S/C17H16ClNO2/c1-19(2)15-9-5-12(6-10-15)16(11-20)17(21)13-3-7-14(18)8-4-13/h3-11,16H,1-2H3. The van der Waals surface area contributed by atoms with Crippen molar-refractivity contribution < 1.29 is 9.59 Å². The Labute approximate surface area is 129 Å². The van der Waals surface area contributed by atoms with E-state index in [0.29, 0.717) is 22.4 Å². The Kier molecular flexibility index (Phi) is 4.76. The van der Waals surface area contributed by atoms with Crippen LogP contribution in [-0.2, 0) is 4.79 Å². The maximum absolute atomic E-state index is 12.4. The van der Waals surface area contributed by atoms with Gasteiger partial charge in [0, 0.05) is 30.4 Å². The summed E-state index contributed by atoms with van der Waals surface area (Å²) in [4.78, 5) is 25.7. The Bertz CT molecular complexity index is 633. The van der Waals surface area contributed by atoms with Gasteiger partial charge in [-0.15, -0.1) is 0 Å². The van der Waals surface area contributed by atoms with Crippen LogP contribution in [0.4, 0.5) is 5.69 Å². The molecule has 0 heterocycles. The second-order valence-electron chi connectivity index (χ2n) is 4.97. The van der Waals surface area contributed by atoms with E-state index in [4.69, 9.17) is 11.6 Å². The van der Waals surface area contributed by atoms with E-state index in [1.54, 1.807) is 24.3 Å². The maximum atomic E-state index is 12.4. The lowest BCUT2D eigenvalue weighted by molar-refractivity contribution is -0.108. The molecule has 0 aliphatic rings. The maximum Gasteiger partial charge on any atom is 0.177 e. The molecule has 1 atom stereocenters. The lowest BCUT2D eigenvalue weighted by Crippen LogP contribution is -2.15.